The molecule has 1 N–H and O–H groups in total. The number of carbonyl (C=O) groups is 1. The van der Waals surface area contributed by atoms with E-state index in [0.29, 0.717) is 23.6 Å². The van der Waals surface area contributed by atoms with E-state index in [4.69, 9.17) is 14.2 Å². The first kappa shape index (κ1) is 20.8. The maximum absolute atomic E-state index is 11.7. The molecule has 0 aliphatic rings. The minimum absolute atomic E-state index is 0.229. The van der Waals surface area contributed by atoms with E-state index >= 15 is 0 Å². The summed E-state index contributed by atoms with van der Waals surface area (Å²) < 4.78 is 26.5. The summed E-state index contributed by atoms with van der Waals surface area (Å²) in [6.45, 7) is 0.384. The molecule has 5 aromatic rings. The van der Waals surface area contributed by atoms with Crippen molar-refractivity contribution in [3.05, 3.63) is 66.2 Å². The highest BCUT2D eigenvalue weighted by Gasteiger charge is 2.23. The highest BCUT2D eigenvalue weighted by atomic mass is 32.1. The first-order valence-electron chi connectivity index (χ1n) is 10.0. The van der Waals surface area contributed by atoms with E-state index < -0.39 is 6.16 Å². The van der Waals surface area contributed by atoms with Crippen LogP contribution in [-0.2, 0) is 6.54 Å². The van der Waals surface area contributed by atoms with Crippen LogP contribution in [0.3, 0.4) is 0 Å². The van der Waals surface area contributed by atoms with E-state index in [9.17, 15) is 9.90 Å². The summed E-state index contributed by atoms with van der Waals surface area (Å²) in [5, 5.41) is 10.4. The molecule has 0 unspecified atom stereocenters. The SMILES string of the molecule is COc1ccc(-c2c(OC(=O)O)n(Cc3ccc4nsnc4c3)c3ccc(OC)cc23)cc1. The number of hydrogen-bond donors (Lipinski definition) is 1. The lowest BCUT2D eigenvalue weighted by molar-refractivity contribution is 0.141. The Labute approximate surface area is 192 Å². The van der Waals surface area contributed by atoms with Gasteiger partial charge in [0.15, 0.2) is 0 Å². The van der Waals surface area contributed by atoms with Gasteiger partial charge in [-0.1, -0.05) is 18.2 Å². The zero-order valence-electron chi connectivity index (χ0n) is 17.8. The first-order chi connectivity index (χ1) is 16.1. The van der Waals surface area contributed by atoms with Crippen LogP contribution in [-0.4, -0.2) is 38.8 Å². The molecule has 0 aliphatic carbocycles. The third kappa shape index (κ3) is 3.83. The van der Waals surface area contributed by atoms with Gasteiger partial charge >= 0.3 is 6.16 Å². The molecule has 2 aromatic heterocycles. The Kier molecular flexibility index (Phi) is 5.31. The van der Waals surface area contributed by atoms with Crippen LogP contribution in [0.2, 0.25) is 0 Å². The molecule has 0 amide bonds. The van der Waals surface area contributed by atoms with E-state index in [2.05, 4.69) is 8.75 Å². The average molecular weight is 461 g/mol. The second-order valence-corrected chi connectivity index (χ2v) is 7.86. The van der Waals surface area contributed by atoms with Crippen molar-refractivity contribution in [3.8, 4) is 28.5 Å². The van der Waals surface area contributed by atoms with Gasteiger partial charge in [0, 0.05) is 5.39 Å². The third-order valence-electron chi connectivity index (χ3n) is 5.44. The van der Waals surface area contributed by atoms with Crippen molar-refractivity contribution in [1.82, 2.24) is 13.3 Å². The molecule has 0 fully saturated rings. The molecule has 0 saturated carbocycles. The maximum atomic E-state index is 11.7. The summed E-state index contributed by atoms with van der Waals surface area (Å²) in [6.07, 6.45) is -1.39. The zero-order chi connectivity index (χ0) is 22.9. The monoisotopic (exact) mass is 461 g/mol. The molecule has 0 saturated heterocycles. The lowest BCUT2D eigenvalue weighted by Gasteiger charge is -2.11. The summed E-state index contributed by atoms with van der Waals surface area (Å²) in [5.41, 5.74) is 4.83. The topological polar surface area (TPSA) is 95.7 Å². The predicted molar refractivity (Wildman–Crippen MR) is 126 cm³/mol. The van der Waals surface area contributed by atoms with Crippen LogP contribution in [0.1, 0.15) is 5.56 Å². The summed E-state index contributed by atoms with van der Waals surface area (Å²) in [7, 11) is 3.19. The minimum atomic E-state index is -1.39. The highest BCUT2D eigenvalue weighted by Crippen LogP contribution is 2.42. The van der Waals surface area contributed by atoms with Crippen LogP contribution in [0, 0.1) is 0 Å². The smallest absolute Gasteiger partial charge is 0.497 e. The van der Waals surface area contributed by atoms with Gasteiger partial charge in [-0.05, 0) is 53.6 Å². The Balaban J connectivity index is 1.74. The van der Waals surface area contributed by atoms with Crippen LogP contribution in [0.4, 0.5) is 4.79 Å². The summed E-state index contributed by atoms with van der Waals surface area (Å²) >= 11 is 1.16. The molecule has 0 atom stereocenters. The quantitative estimate of drug-likeness (QED) is 0.337. The standard InChI is InChI=1S/C24H19N3O5S/c1-30-16-6-4-15(5-7-16)22-18-12-17(31-2)8-10-21(18)27(23(22)32-24(28)29)13-14-3-9-19-20(11-14)26-33-25-19/h3-12H,13H2,1-2H3,(H,28,29). The van der Waals surface area contributed by atoms with Crippen molar-refractivity contribution in [1.29, 1.82) is 0 Å². The fourth-order valence-corrected chi connectivity index (χ4v) is 4.45. The fourth-order valence-electron chi connectivity index (χ4n) is 3.93. The van der Waals surface area contributed by atoms with Crippen LogP contribution in [0.25, 0.3) is 33.1 Å². The molecule has 166 valence electrons. The molecule has 0 bridgehead atoms. The normalized spacial score (nSPS) is 11.1. The Morgan fingerprint density at radius 2 is 1.67 bits per heavy atom. The average Bonchev–Trinajstić information content (AvgIpc) is 3.41. The van der Waals surface area contributed by atoms with Crippen molar-refractivity contribution in [2.24, 2.45) is 0 Å². The van der Waals surface area contributed by atoms with E-state index in [1.165, 1.54) is 0 Å². The van der Waals surface area contributed by atoms with Gasteiger partial charge in [0.05, 0.1) is 43.6 Å². The summed E-state index contributed by atoms with van der Waals surface area (Å²) in [6, 6.07) is 18.8. The summed E-state index contributed by atoms with van der Waals surface area (Å²) in [5.74, 6) is 1.59. The van der Waals surface area contributed by atoms with Crippen molar-refractivity contribution >= 4 is 39.8 Å². The van der Waals surface area contributed by atoms with E-state index in [1.807, 2.05) is 65.2 Å². The molecular formula is C24H19N3O5S. The Bertz CT molecular complexity index is 1470. The molecule has 9 heteroatoms. The van der Waals surface area contributed by atoms with Crippen molar-refractivity contribution in [2.75, 3.05) is 14.2 Å². The van der Waals surface area contributed by atoms with Crippen molar-refractivity contribution in [2.45, 2.75) is 6.54 Å². The fraction of sp³-hybridized carbons (Fsp3) is 0.125. The van der Waals surface area contributed by atoms with Gasteiger partial charge in [-0.15, -0.1) is 0 Å². The van der Waals surface area contributed by atoms with Gasteiger partial charge < -0.3 is 23.9 Å². The second-order valence-electron chi connectivity index (χ2n) is 7.33. The van der Waals surface area contributed by atoms with Gasteiger partial charge in [-0.3, -0.25) is 0 Å². The van der Waals surface area contributed by atoms with E-state index in [-0.39, 0.29) is 5.88 Å². The zero-order valence-corrected chi connectivity index (χ0v) is 18.6. The molecule has 5 rings (SSSR count). The highest BCUT2D eigenvalue weighted by molar-refractivity contribution is 7.00. The Hall–Kier alpha value is -4.11. The number of nitrogens with zero attached hydrogens (tertiary/aromatic N) is 3. The van der Waals surface area contributed by atoms with E-state index in [0.717, 1.165) is 44.8 Å². The van der Waals surface area contributed by atoms with Gasteiger partial charge in [0.25, 0.3) is 0 Å². The van der Waals surface area contributed by atoms with Gasteiger partial charge in [-0.25, -0.2) is 4.79 Å². The van der Waals surface area contributed by atoms with E-state index in [1.54, 1.807) is 14.2 Å². The van der Waals surface area contributed by atoms with Gasteiger partial charge in [-0.2, -0.15) is 8.75 Å². The Morgan fingerprint density at radius 1 is 0.939 bits per heavy atom. The molecule has 2 heterocycles. The van der Waals surface area contributed by atoms with Crippen LogP contribution >= 0.6 is 11.7 Å². The molecule has 0 radical (unpaired) electrons. The number of aromatic nitrogens is 3. The number of hydrogen-bond acceptors (Lipinski definition) is 7. The van der Waals surface area contributed by atoms with Crippen LogP contribution < -0.4 is 14.2 Å². The number of benzene rings is 3. The molecule has 0 aliphatic heterocycles. The largest absolute Gasteiger partial charge is 0.512 e. The first-order valence-corrected chi connectivity index (χ1v) is 10.8. The molecule has 3 aromatic carbocycles. The van der Waals surface area contributed by atoms with Gasteiger partial charge in [0.2, 0.25) is 5.88 Å². The van der Waals surface area contributed by atoms with Crippen molar-refractivity contribution in [3.63, 3.8) is 0 Å². The lowest BCUT2D eigenvalue weighted by Crippen LogP contribution is -2.10. The molecule has 8 nitrogen and oxygen atoms in total. The molecule has 0 spiro atoms. The number of rotatable bonds is 6. The summed E-state index contributed by atoms with van der Waals surface area (Å²) in [4.78, 5) is 11.7. The number of carboxylic acid groups (broad SMARTS) is 1. The molecule has 33 heavy (non-hydrogen) atoms. The lowest BCUT2D eigenvalue weighted by atomic mass is 10.0. The van der Waals surface area contributed by atoms with Crippen LogP contribution in [0.5, 0.6) is 17.4 Å². The van der Waals surface area contributed by atoms with Crippen LogP contribution in [0.15, 0.2) is 60.7 Å². The number of methoxy groups -OCH3 is 2. The number of ether oxygens (including phenoxy) is 3. The predicted octanol–water partition coefficient (Wildman–Crippen LogP) is 5.44. The maximum Gasteiger partial charge on any atom is 0.512 e. The Morgan fingerprint density at radius 3 is 2.39 bits per heavy atom. The number of fused-ring (bicyclic) bond motifs is 2. The van der Waals surface area contributed by atoms with Gasteiger partial charge in [0.1, 0.15) is 22.5 Å². The minimum Gasteiger partial charge on any atom is -0.497 e. The van der Waals surface area contributed by atoms with Crippen molar-refractivity contribution < 1.29 is 24.1 Å². The third-order valence-corrected chi connectivity index (χ3v) is 6.00. The second kappa shape index (κ2) is 8.44. The molecular weight excluding hydrogens is 442 g/mol.